The fraction of sp³-hybridized carbons (Fsp3) is 0.462. The number of hydrogen-bond acceptors (Lipinski definition) is 5. The molecule has 1 aliphatic rings. The van der Waals surface area contributed by atoms with Crippen molar-refractivity contribution < 1.29 is 4.74 Å². The number of aromatic nitrogens is 4. The van der Waals surface area contributed by atoms with Crippen molar-refractivity contribution in [3.8, 4) is 11.4 Å². The zero-order valence-electron chi connectivity index (χ0n) is 10.9. The van der Waals surface area contributed by atoms with Crippen LogP contribution in [0.2, 0.25) is 0 Å². The van der Waals surface area contributed by atoms with Crippen molar-refractivity contribution >= 4 is 5.69 Å². The van der Waals surface area contributed by atoms with E-state index in [0.29, 0.717) is 11.7 Å². The molecule has 1 aromatic heterocycles. The Labute approximate surface area is 111 Å². The SMILES string of the molecule is Cc1ccc(N)c(-c2nnnn2C2CCOCC2)c1. The quantitative estimate of drug-likeness (QED) is 0.828. The highest BCUT2D eigenvalue weighted by atomic mass is 16.5. The maximum atomic E-state index is 6.05. The number of hydrogen-bond donors (Lipinski definition) is 1. The van der Waals surface area contributed by atoms with Gasteiger partial charge in [0.25, 0.3) is 0 Å². The lowest BCUT2D eigenvalue weighted by Gasteiger charge is -2.22. The van der Waals surface area contributed by atoms with E-state index in [1.54, 1.807) is 0 Å². The molecule has 0 atom stereocenters. The second-order valence-corrected chi connectivity index (χ2v) is 4.88. The Morgan fingerprint density at radius 1 is 1.32 bits per heavy atom. The van der Waals surface area contributed by atoms with Crippen molar-refractivity contribution in [3.63, 3.8) is 0 Å². The van der Waals surface area contributed by atoms with Crippen LogP contribution >= 0.6 is 0 Å². The molecule has 0 saturated carbocycles. The smallest absolute Gasteiger partial charge is 0.184 e. The molecular weight excluding hydrogens is 242 g/mol. The summed E-state index contributed by atoms with van der Waals surface area (Å²) in [6.45, 7) is 3.55. The molecule has 0 amide bonds. The number of rotatable bonds is 2. The molecule has 0 aliphatic carbocycles. The Kier molecular flexibility index (Phi) is 3.16. The molecule has 1 aliphatic heterocycles. The van der Waals surface area contributed by atoms with Crippen LogP contribution in [0.25, 0.3) is 11.4 Å². The van der Waals surface area contributed by atoms with Crippen LogP contribution in [-0.4, -0.2) is 33.4 Å². The van der Waals surface area contributed by atoms with Gasteiger partial charge in [-0.25, -0.2) is 4.68 Å². The Hall–Kier alpha value is -1.95. The normalized spacial score (nSPS) is 16.7. The monoisotopic (exact) mass is 259 g/mol. The number of nitrogens with two attached hydrogens (primary N) is 1. The number of nitrogen functional groups attached to an aromatic ring is 1. The highest BCUT2D eigenvalue weighted by molar-refractivity contribution is 5.72. The van der Waals surface area contributed by atoms with Gasteiger partial charge in [-0.05, 0) is 42.3 Å². The molecular formula is C13H17N5O. The maximum Gasteiger partial charge on any atom is 0.184 e. The molecule has 1 saturated heterocycles. The van der Waals surface area contributed by atoms with E-state index in [2.05, 4.69) is 15.5 Å². The number of ether oxygens (including phenoxy) is 1. The third kappa shape index (κ3) is 2.31. The fourth-order valence-corrected chi connectivity index (χ4v) is 2.41. The van der Waals surface area contributed by atoms with Gasteiger partial charge in [-0.3, -0.25) is 0 Å². The van der Waals surface area contributed by atoms with Gasteiger partial charge in [0.05, 0.1) is 6.04 Å². The van der Waals surface area contributed by atoms with E-state index >= 15 is 0 Å². The first kappa shape index (κ1) is 12.1. The molecule has 1 aromatic carbocycles. The highest BCUT2D eigenvalue weighted by Gasteiger charge is 2.22. The molecule has 6 heteroatoms. The summed E-state index contributed by atoms with van der Waals surface area (Å²) in [6, 6.07) is 6.20. The van der Waals surface area contributed by atoms with E-state index in [9.17, 15) is 0 Å². The van der Waals surface area contributed by atoms with Crippen LogP contribution < -0.4 is 5.73 Å². The summed E-state index contributed by atoms with van der Waals surface area (Å²) in [6.07, 6.45) is 1.87. The molecule has 19 heavy (non-hydrogen) atoms. The van der Waals surface area contributed by atoms with Gasteiger partial charge in [0, 0.05) is 24.5 Å². The van der Waals surface area contributed by atoms with Gasteiger partial charge in [0.2, 0.25) is 0 Å². The standard InChI is InChI=1S/C13H17N5O/c1-9-2-3-12(14)11(8-9)13-15-16-17-18(13)10-4-6-19-7-5-10/h2-3,8,10H,4-7,14H2,1H3. The Bertz CT molecular complexity index is 574. The van der Waals surface area contributed by atoms with Crippen LogP contribution in [0.3, 0.4) is 0 Å². The second-order valence-electron chi connectivity index (χ2n) is 4.88. The first-order valence-electron chi connectivity index (χ1n) is 6.48. The van der Waals surface area contributed by atoms with Crippen LogP contribution in [0, 0.1) is 6.92 Å². The summed E-state index contributed by atoms with van der Waals surface area (Å²) in [5.41, 5.74) is 8.79. The Morgan fingerprint density at radius 3 is 2.89 bits per heavy atom. The molecule has 3 rings (SSSR count). The average molecular weight is 259 g/mol. The van der Waals surface area contributed by atoms with Gasteiger partial charge in [-0.15, -0.1) is 5.10 Å². The van der Waals surface area contributed by atoms with E-state index in [0.717, 1.165) is 43.0 Å². The fourth-order valence-electron chi connectivity index (χ4n) is 2.41. The minimum Gasteiger partial charge on any atom is -0.398 e. The maximum absolute atomic E-state index is 6.05. The molecule has 0 bridgehead atoms. The lowest BCUT2D eigenvalue weighted by atomic mass is 10.1. The summed E-state index contributed by atoms with van der Waals surface area (Å²) in [7, 11) is 0. The van der Waals surface area contributed by atoms with E-state index in [4.69, 9.17) is 10.5 Å². The summed E-state index contributed by atoms with van der Waals surface area (Å²) in [5, 5.41) is 12.1. The summed E-state index contributed by atoms with van der Waals surface area (Å²) >= 11 is 0. The zero-order chi connectivity index (χ0) is 13.2. The van der Waals surface area contributed by atoms with Crippen molar-refractivity contribution in [2.45, 2.75) is 25.8 Å². The van der Waals surface area contributed by atoms with Gasteiger partial charge < -0.3 is 10.5 Å². The molecule has 0 unspecified atom stereocenters. The van der Waals surface area contributed by atoms with E-state index < -0.39 is 0 Å². The van der Waals surface area contributed by atoms with Crippen LogP contribution in [0.15, 0.2) is 18.2 Å². The first-order valence-corrected chi connectivity index (χ1v) is 6.48. The van der Waals surface area contributed by atoms with Gasteiger partial charge in [-0.1, -0.05) is 11.6 Å². The predicted molar refractivity (Wildman–Crippen MR) is 71.5 cm³/mol. The average Bonchev–Trinajstić information content (AvgIpc) is 2.91. The third-order valence-electron chi connectivity index (χ3n) is 3.48. The van der Waals surface area contributed by atoms with Gasteiger partial charge in [0.1, 0.15) is 0 Å². The zero-order valence-corrected chi connectivity index (χ0v) is 10.9. The van der Waals surface area contributed by atoms with Gasteiger partial charge >= 0.3 is 0 Å². The second kappa shape index (κ2) is 4.97. The molecule has 0 radical (unpaired) electrons. The molecule has 1 fully saturated rings. The third-order valence-corrected chi connectivity index (χ3v) is 3.48. The Balaban J connectivity index is 2.01. The van der Waals surface area contributed by atoms with Crippen molar-refractivity contribution in [1.29, 1.82) is 0 Å². The van der Waals surface area contributed by atoms with E-state index in [1.807, 2.05) is 29.8 Å². The van der Waals surface area contributed by atoms with Crippen LogP contribution in [0.5, 0.6) is 0 Å². The molecule has 6 nitrogen and oxygen atoms in total. The van der Waals surface area contributed by atoms with Crippen molar-refractivity contribution in [2.75, 3.05) is 18.9 Å². The number of benzene rings is 1. The number of nitrogens with zero attached hydrogens (tertiary/aromatic N) is 4. The van der Waals surface area contributed by atoms with Crippen molar-refractivity contribution in [3.05, 3.63) is 23.8 Å². The summed E-state index contributed by atoms with van der Waals surface area (Å²) < 4.78 is 7.26. The molecule has 100 valence electrons. The van der Waals surface area contributed by atoms with Crippen LogP contribution in [-0.2, 0) is 4.74 Å². The summed E-state index contributed by atoms with van der Waals surface area (Å²) in [4.78, 5) is 0. The minimum atomic E-state index is 0.290. The highest BCUT2D eigenvalue weighted by Crippen LogP contribution is 2.29. The topological polar surface area (TPSA) is 78.9 Å². The van der Waals surface area contributed by atoms with Crippen LogP contribution in [0.1, 0.15) is 24.4 Å². The van der Waals surface area contributed by atoms with Gasteiger partial charge in [0.15, 0.2) is 5.82 Å². The molecule has 2 N–H and O–H groups in total. The Morgan fingerprint density at radius 2 is 2.11 bits per heavy atom. The largest absolute Gasteiger partial charge is 0.398 e. The minimum absolute atomic E-state index is 0.290. The molecule has 2 aromatic rings. The molecule has 0 spiro atoms. The lowest BCUT2D eigenvalue weighted by Crippen LogP contribution is -2.21. The number of tetrazole rings is 1. The predicted octanol–water partition coefficient (Wildman–Crippen LogP) is 1.58. The van der Waals surface area contributed by atoms with Crippen molar-refractivity contribution in [1.82, 2.24) is 20.2 Å². The lowest BCUT2D eigenvalue weighted by molar-refractivity contribution is 0.0662. The molecule has 2 heterocycles. The number of aryl methyl sites for hydroxylation is 1. The van der Waals surface area contributed by atoms with Gasteiger partial charge in [-0.2, -0.15) is 0 Å². The summed E-state index contributed by atoms with van der Waals surface area (Å²) in [5.74, 6) is 0.744. The van der Waals surface area contributed by atoms with E-state index in [1.165, 1.54) is 0 Å². The first-order chi connectivity index (χ1) is 9.25. The number of anilines is 1. The van der Waals surface area contributed by atoms with Crippen LogP contribution in [0.4, 0.5) is 5.69 Å². The van der Waals surface area contributed by atoms with Crippen molar-refractivity contribution in [2.24, 2.45) is 0 Å². The van der Waals surface area contributed by atoms with E-state index in [-0.39, 0.29) is 0 Å².